The monoisotopic (exact) mass is 266 g/mol. The molecule has 1 aromatic heterocycles. The molecule has 0 saturated heterocycles. The minimum absolute atomic E-state index is 0.229. The van der Waals surface area contributed by atoms with E-state index in [-0.39, 0.29) is 5.91 Å². The number of carbonyl (C=O) groups is 1. The van der Waals surface area contributed by atoms with E-state index in [0.717, 1.165) is 0 Å². The fourth-order valence-corrected chi connectivity index (χ4v) is 1.41. The number of rotatable bonds is 7. The maximum Gasteiger partial charge on any atom is 0.256 e. The molecule has 19 heavy (non-hydrogen) atoms. The molecule has 0 aliphatic carbocycles. The van der Waals surface area contributed by atoms with Crippen molar-refractivity contribution < 1.29 is 14.6 Å². The summed E-state index contributed by atoms with van der Waals surface area (Å²) in [5.74, 6) is 0.492. The molecule has 2 N–H and O–H groups in total. The van der Waals surface area contributed by atoms with Crippen LogP contribution < -0.4 is 10.1 Å². The third kappa shape index (κ3) is 5.70. The predicted molar refractivity (Wildman–Crippen MR) is 73.2 cm³/mol. The molecule has 0 radical (unpaired) electrons. The summed E-state index contributed by atoms with van der Waals surface area (Å²) in [6.45, 7) is 6.70. The molecule has 106 valence electrons. The molecule has 5 heteroatoms. The Morgan fingerprint density at radius 2 is 2.21 bits per heavy atom. The normalized spacial score (nSPS) is 12.3. The first kappa shape index (κ1) is 15.4. The van der Waals surface area contributed by atoms with Crippen molar-refractivity contribution in [2.24, 2.45) is 5.92 Å². The van der Waals surface area contributed by atoms with E-state index in [0.29, 0.717) is 36.9 Å². The largest absolute Gasteiger partial charge is 0.477 e. The third-order valence-corrected chi connectivity index (χ3v) is 2.42. The van der Waals surface area contributed by atoms with Crippen molar-refractivity contribution >= 4 is 5.91 Å². The number of aromatic nitrogens is 1. The zero-order chi connectivity index (χ0) is 14.3. The summed E-state index contributed by atoms with van der Waals surface area (Å²) in [5.41, 5.74) is 0.425. The Labute approximate surface area is 114 Å². The van der Waals surface area contributed by atoms with Crippen LogP contribution in [0.2, 0.25) is 0 Å². The highest BCUT2D eigenvalue weighted by Crippen LogP contribution is 2.15. The first-order valence-electron chi connectivity index (χ1n) is 6.54. The van der Waals surface area contributed by atoms with Crippen LogP contribution in [0.15, 0.2) is 18.3 Å². The summed E-state index contributed by atoms with van der Waals surface area (Å²) in [6.07, 6.45) is 1.70. The van der Waals surface area contributed by atoms with Gasteiger partial charge in [-0.25, -0.2) is 4.98 Å². The van der Waals surface area contributed by atoms with Gasteiger partial charge in [-0.2, -0.15) is 0 Å². The van der Waals surface area contributed by atoms with Gasteiger partial charge in [-0.05, 0) is 31.4 Å². The summed E-state index contributed by atoms with van der Waals surface area (Å²) >= 11 is 0. The van der Waals surface area contributed by atoms with Gasteiger partial charge in [-0.3, -0.25) is 4.79 Å². The average molecular weight is 266 g/mol. The van der Waals surface area contributed by atoms with Gasteiger partial charge in [0, 0.05) is 12.7 Å². The Morgan fingerprint density at radius 3 is 2.84 bits per heavy atom. The molecule has 0 saturated carbocycles. The Hall–Kier alpha value is -1.62. The maximum absolute atomic E-state index is 12.0. The summed E-state index contributed by atoms with van der Waals surface area (Å²) < 4.78 is 5.53. The van der Waals surface area contributed by atoms with E-state index in [2.05, 4.69) is 10.3 Å². The number of carbonyl (C=O) groups excluding carboxylic acids is 1. The van der Waals surface area contributed by atoms with E-state index in [4.69, 9.17) is 9.84 Å². The number of aliphatic hydroxyl groups is 1. The topological polar surface area (TPSA) is 71.5 Å². The predicted octanol–water partition coefficient (Wildman–Crippen LogP) is 1.62. The SMILES string of the molecule is CC(C)COc1ncccc1C(=O)NCCC(C)O. The second-order valence-electron chi connectivity index (χ2n) is 4.95. The molecule has 0 spiro atoms. The van der Waals surface area contributed by atoms with Gasteiger partial charge < -0.3 is 15.2 Å². The van der Waals surface area contributed by atoms with Crippen LogP contribution >= 0.6 is 0 Å². The molecule has 1 unspecified atom stereocenters. The molecule has 0 aromatic carbocycles. The first-order valence-corrected chi connectivity index (χ1v) is 6.54. The van der Waals surface area contributed by atoms with Crippen LogP contribution in [0, 0.1) is 5.92 Å². The molecule has 1 atom stereocenters. The van der Waals surface area contributed by atoms with Gasteiger partial charge in [0.2, 0.25) is 5.88 Å². The van der Waals surface area contributed by atoms with Crippen LogP contribution in [0.3, 0.4) is 0 Å². The number of nitrogens with one attached hydrogen (secondary N) is 1. The molecular formula is C14H22N2O3. The molecule has 1 heterocycles. The Balaban J connectivity index is 2.62. The number of pyridine rings is 1. The van der Waals surface area contributed by atoms with Crippen LogP contribution in [0.5, 0.6) is 5.88 Å². The minimum Gasteiger partial charge on any atom is -0.477 e. The van der Waals surface area contributed by atoms with Crippen molar-refractivity contribution in [1.29, 1.82) is 0 Å². The lowest BCUT2D eigenvalue weighted by atomic mass is 10.2. The number of nitrogens with zero attached hydrogens (tertiary/aromatic N) is 1. The van der Waals surface area contributed by atoms with Crippen LogP contribution in [0.4, 0.5) is 0 Å². The van der Waals surface area contributed by atoms with E-state index < -0.39 is 6.10 Å². The Bertz CT molecular complexity index is 405. The maximum atomic E-state index is 12.0. The number of aliphatic hydroxyl groups excluding tert-OH is 1. The van der Waals surface area contributed by atoms with Gasteiger partial charge in [0.05, 0.1) is 12.7 Å². The third-order valence-electron chi connectivity index (χ3n) is 2.42. The van der Waals surface area contributed by atoms with Gasteiger partial charge in [0.1, 0.15) is 5.56 Å². The number of ether oxygens (including phenoxy) is 1. The average Bonchev–Trinajstić information content (AvgIpc) is 2.36. The smallest absolute Gasteiger partial charge is 0.256 e. The van der Waals surface area contributed by atoms with E-state index in [1.165, 1.54) is 0 Å². The second kappa shape index (κ2) is 7.74. The Kier molecular flexibility index (Phi) is 6.29. The van der Waals surface area contributed by atoms with Gasteiger partial charge >= 0.3 is 0 Å². The fourth-order valence-electron chi connectivity index (χ4n) is 1.41. The highest BCUT2D eigenvalue weighted by molar-refractivity contribution is 5.96. The zero-order valence-corrected chi connectivity index (χ0v) is 11.7. The lowest BCUT2D eigenvalue weighted by Crippen LogP contribution is -2.27. The number of hydrogen-bond donors (Lipinski definition) is 2. The lowest BCUT2D eigenvalue weighted by molar-refractivity contribution is 0.0939. The van der Waals surface area contributed by atoms with Crippen LogP contribution in [0.25, 0.3) is 0 Å². The van der Waals surface area contributed by atoms with E-state index in [9.17, 15) is 4.79 Å². The molecule has 1 amide bonds. The van der Waals surface area contributed by atoms with E-state index >= 15 is 0 Å². The van der Waals surface area contributed by atoms with Gasteiger partial charge in [-0.1, -0.05) is 13.8 Å². The molecule has 1 rings (SSSR count). The fraction of sp³-hybridized carbons (Fsp3) is 0.571. The van der Waals surface area contributed by atoms with E-state index in [1.54, 1.807) is 25.3 Å². The summed E-state index contributed by atoms with van der Waals surface area (Å²) in [7, 11) is 0. The molecule has 5 nitrogen and oxygen atoms in total. The van der Waals surface area contributed by atoms with Crippen molar-refractivity contribution in [2.45, 2.75) is 33.3 Å². The van der Waals surface area contributed by atoms with E-state index in [1.807, 2.05) is 13.8 Å². The second-order valence-corrected chi connectivity index (χ2v) is 4.95. The number of amides is 1. The van der Waals surface area contributed by atoms with Crippen LogP contribution in [-0.2, 0) is 0 Å². The van der Waals surface area contributed by atoms with Crippen molar-refractivity contribution in [2.75, 3.05) is 13.2 Å². The summed E-state index contributed by atoms with van der Waals surface area (Å²) in [6, 6.07) is 3.38. The number of hydrogen-bond acceptors (Lipinski definition) is 4. The van der Waals surface area contributed by atoms with Crippen LogP contribution in [0.1, 0.15) is 37.6 Å². The molecule has 1 aromatic rings. The van der Waals surface area contributed by atoms with Crippen molar-refractivity contribution in [3.05, 3.63) is 23.9 Å². The summed E-state index contributed by atoms with van der Waals surface area (Å²) in [5, 5.41) is 11.9. The molecule has 0 aliphatic heterocycles. The lowest BCUT2D eigenvalue weighted by Gasteiger charge is -2.12. The minimum atomic E-state index is -0.425. The Morgan fingerprint density at radius 1 is 1.47 bits per heavy atom. The zero-order valence-electron chi connectivity index (χ0n) is 11.7. The van der Waals surface area contributed by atoms with Crippen molar-refractivity contribution in [3.8, 4) is 5.88 Å². The van der Waals surface area contributed by atoms with Crippen molar-refractivity contribution in [1.82, 2.24) is 10.3 Å². The van der Waals surface area contributed by atoms with Gasteiger partial charge in [0.15, 0.2) is 0 Å². The summed E-state index contributed by atoms with van der Waals surface area (Å²) in [4.78, 5) is 16.1. The quantitative estimate of drug-likeness (QED) is 0.786. The highest BCUT2D eigenvalue weighted by Gasteiger charge is 2.13. The van der Waals surface area contributed by atoms with Gasteiger partial charge in [0.25, 0.3) is 5.91 Å². The van der Waals surface area contributed by atoms with Crippen molar-refractivity contribution in [3.63, 3.8) is 0 Å². The highest BCUT2D eigenvalue weighted by atomic mass is 16.5. The van der Waals surface area contributed by atoms with Crippen LogP contribution in [-0.4, -0.2) is 35.3 Å². The molecule has 0 aliphatic rings. The molecular weight excluding hydrogens is 244 g/mol. The molecule has 0 bridgehead atoms. The first-order chi connectivity index (χ1) is 9.00. The van der Waals surface area contributed by atoms with Gasteiger partial charge in [-0.15, -0.1) is 0 Å². The molecule has 0 fully saturated rings. The standard InChI is InChI=1S/C14H22N2O3/c1-10(2)9-19-14-12(5-4-7-16-14)13(18)15-8-6-11(3)17/h4-5,7,10-11,17H,6,8-9H2,1-3H3,(H,15,18).